The summed E-state index contributed by atoms with van der Waals surface area (Å²) in [6.07, 6.45) is 2.23. The van der Waals surface area contributed by atoms with Crippen molar-refractivity contribution in [3.05, 3.63) is 62.3 Å². The quantitative estimate of drug-likeness (QED) is 0.565. The van der Waals surface area contributed by atoms with Crippen LogP contribution in [0.2, 0.25) is 0 Å². The smallest absolute Gasteiger partial charge is 0.277 e. The van der Waals surface area contributed by atoms with E-state index in [2.05, 4.69) is 10.2 Å². The van der Waals surface area contributed by atoms with Crippen LogP contribution >= 0.6 is 11.3 Å². The molecule has 4 heterocycles. The maximum absolute atomic E-state index is 14.1. The van der Waals surface area contributed by atoms with Crippen molar-refractivity contribution in [1.29, 1.82) is 0 Å². The third-order valence-corrected chi connectivity index (χ3v) is 7.27. The van der Waals surface area contributed by atoms with Gasteiger partial charge in [-0.1, -0.05) is 11.3 Å². The van der Waals surface area contributed by atoms with Crippen LogP contribution in [0.1, 0.15) is 33.9 Å². The van der Waals surface area contributed by atoms with Crippen LogP contribution in [-0.2, 0) is 11.2 Å². The van der Waals surface area contributed by atoms with Gasteiger partial charge in [-0.05, 0) is 12.8 Å². The second-order valence-electron chi connectivity index (χ2n) is 8.40. The highest BCUT2D eigenvalue weighted by Gasteiger charge is 2.45. The fraction of sp³-hybridized carbons (Fsp3) is 0.364. The number of pyridine rings is 1. The van der Waals surface area contributed by atoms with Crippen LogP contribution in [0.4, 0.5) is 13.2 Å². The molecule has 0 saturated carbocycles. The number of aromatic hydroxyl groups is 1. The van der Waals surface area contributed by atoms with E-state index in [1.807, 2.05) is 5.01 Å². The number of hydrogen-bond donors (Lipinski definition) is 1. The van der Waals surface area contributed by atoms with E-state index in [-0.39, 0.29) is 45.5 Å². The SMILES string of the molecule is COCC1CCC2N(C)C(=O)c3c(O)c(=O)c(-c4nnc(Cc5c(F)cc(F)cc5F)s4)cn3N12. The molecule has 1 saturated heterocycles. The molecule has 13 heteroatoms. The summed E-state index contributed by atoms with van der Waals surface area (Å²) in [5.41, 5.74) is -1.38. The number of halogens is 3. The average Bonchev–Trinajstić information content (AvgIpc) is 3.44. The Hall–Kier alpha value is -3.45. The molecule has 1 N–H and O–H groups in total. The van der Waals surface area contributed by atoms with Gasteiger partial charge in [0.15, 0.2) is 16.5 Å². The number of fused-ring (bicyclic) bond motifs is 3. The standard InChI is InChI=1S/C22H20F3N5O4S/c1-28-17-4-3-11(9-34-2)30(17)29-8-13(19(31)20(32)18(29)22(28)33)21-27-26-16(35-21)7-12-14(24)5-10(23)6-15(12)25/h5-6,8,11,17,32H,3-4,7,9H2,1-2H3. The molecule has 184 valence electrons. The third kappa shape index (κ3) is 3.74. The second kappa shape index (κ2) is 8.64. The molecule has 2 aliphatic heterocycles. The minimum absolute atomic E-state index is 0.0192. The lowest BCUT2D eigenvalue weighted by Gasteiger charge is -2.43. The minimum atomic E-state index is -1.06. The number of amides is 1. The molecule has 9 nitrogen and oxygen atoms in total. The lowest BCUT2D eigenvalue weighted by Crippen LogP contribution is -2.60. The number of rotatable bonds is 5. The van der Waals surface area contributed by atoms with Gasteiger partial charge in [-0.15, -0.1) is 10.2 Å². The van der Waals surface area contributed by atoms with Gasteiger partial charge in [-0.25, -0.2) is 13.2 Å². The van der Waals surface area contributed by atoms with Gasteiger partial charge in [0.25, 0.3) is 5.91 Å². The highest BCUT2D eigenvalue weighted by atomic mass is 32.1. The van der Waals surface area contributed by atoms with E-state index in [0.717, 1.165) is 17.8 Å². The number of hydrogen-bond acceptors (Lipinski definition) is 8. The Kier molecular flexibility index (Phi) is 5.75. The van der Waals surface area contributed by atoms with Crippen molar-refractivity contribution in [2.45, 2.75) is 31.5 Å². The van der Waals surface area contributed by atoms with Crippen molar-refractivity contribution in [2.24, 2.45) is 0 Å². The normalized spacial score (nSPS) is 19.3. The molecule has 2 aliphatic rings. The predicted molar refractivity (Wildman–Crippen MR) is 119 cm³/mol. The molecular formula is C22H20F3N5O4S. The van der Waals surface area contributed by atoms with Crippen molar-refractivity contribution in [3.63, 3.8) is 0 Å². The first kappa shape index (κ1) is 23.3. The molecular weight excluding hydrogens is 487 g/mol. The van der Waals surface area contributed by atoms with E-state index in [1.54, 1.807) is 14.2 Å². The Balaban J connectivity index is 1.57. The highest BCUT2D eigenvalue weighted by molar-refractivity contribution is 7.14. The minimum Gasteiger partial charge on any atom is -0.502 e. The summed E-state index contributed by atoms with van der Waals surface area (Å²) in [7, 11) is 3.18. The summed E-state index contributed by atoms with van der Waals surface area (Å²) in [6, 6.07) is 1.04. The van der Waals surface area contributed by atoms with Crippen molar-refractivity contribution < 1.29 is 27.8 Å². The fourth-order valence-corrected chi connectivity index (χ4v) is 5.50. The molecule has 2 atom stereocenters. The molecule has 2 aromatic heterocycles. The van der Waals surface area contributed by atoms with Crippen LogP contribution < -0.4 is 10.4 Å². The van der Waals surface area contributed by atoms with Gasteiger partial charge < -0.3 is 14.7 Å². The summed E-state index contributed by atoms with van der Waals surface area (Å²) in [6.45, 7) is 0.373. The van der Waals surface area contributed by atoms with Crippen LogP contribution in [0.3, 0.4) is 0 Å². The van der Waals surface area contributed by atoms with Crippen LogP contribution in [-0.4, -0.2) is 63.8 Å². The van der Waals surface area contributed by atoms with Crippen molar-refractivity contribution in [3.8, 4) is 16.3 Å². The van der Waals surface area contributed by atoms with Gasteiger partial charge in [0.05, 0.1) is 18.2 Å². The number of benzene rings is 1. The summed E-state index contributed by atoms with van der Waals surface area (Å²) < 4.78 is 48.1. The third-order valence-electron chi connectivity index (χ3n) is 6.31. The van der Waals surface area contributed by atoms with E-state index >= 15 is 0 Å². The van der Waals surface area contributed by atoms with Crippen LogP contribution in [0.25, 0.3) is 10.6 Å². The zero-order valence-electron chi connectivity index (χ0n) is 18.7. The van der Waals surface area contributed by atoms with Gasteiger partial charge in [0, 0.05) is 44.5 Å². The van der Waals surface area contributed by atoms with Crippen LogP contribution in [0.15, 0.2) is 23.1 Å². The predicted octanol–water partition coefficient (Wildman–Crippen LogP) is 2.24. The number of carbonyl (C=O) groups excluding carboxylic acids is 1. The van der Waals surface area contributed by atoms with E-state index in [4.69, 9.17) is 4.74 Å². The Morgan fingerprint density at radius 1 is 1.17 bits per heavy atom. The molecule has 0 aliphatic carbocycles. The zero-order valence-corrected chi connectivity index (χ0v) is 19.5. The van der Waals surface area contributed by atoms with Gasteiger partial charge in [-0.2, -0.15) is 0 Å². The van der Waals surface area contributed by atoms with Crippen molar-refractivity contribution in [1.82, 2.24) is 19.8 Å². The van der Waals surface area contributed by atoms with E-state index in [1.165, 1.54) is 15.8 Å². The summed E-state index contributed by atoms with van der Waals surface area (Å²) in [4.78, 5) is 27.5. The number of methoxy groups -OCH3 is 1. The van der Waals surface area contributed by atoms with Crippen LogP contribution in [0.5, 0.6) is 5.75 Å². The molecule has 1 amide bonds. The lowest BCUT2D eigenvalue weighted by atomic mass is 10.1. The molecule has 2 unspecified atom stereocenters. The Bertz CT molecular complexity index is 1370. The van der Waals surface area contributed by atoms with Crippen LogP contribution in [0, 0.1) is 17.5 Å². The summed E-state index contributed by atoms with van der Waals surface area (Å²) >= 11 is 0.901. The Labute approximate surface area is 201 Å². The first-order valence-electron chi connectivity index (χ1n) is 10.7. The summed E-state index contributed by atoms with van der Waals surface area (Å²) in [5.74, 6) is -4.37. The topological polar surface area (TPSA) is 101 Å². The number of aromatic nitrogens is 3. The number of carbonyl (C=O) groups is 1. The molecule has 3 aromatic rings. The zero-order chi connectivity index (χ0) is 25.0. The number of ether oxygens (including phenoxy) is 1. The van der Waals surface area contributed by atoms with Gasteiger partial charge in [0.1, 0.15) is 28.6 Å². The molecule has 0 spiro atoms. The molecule has 1 aromatic carbocycles. The number of nitrogens with zero attached hydrogens (tertiary/aromatic N) is 5. The molecule has 1 fully saturated rings. The van der Waals surface area contributed by atoms with E-state index in [0.29, 0.717) is 25.2 Å². The monoisotopic (exact) mass is 507 g/mol. The van der Waals surface area contributed by atoms with Gasteiger partial charge in [-0.3, -0.25) is 19.3 Å². The maximum Gasteiger partial charge on any atom is 0.277 e. The van der Waals surface area contributed by atoms with E-state index in [9.17, 15) is 27.9 Å². The van der Waals surface area contributed by atoms with E-state index < -0.39 is 34.5 Å². The largest absolute Gasteiger partial charge is 0.502 e. The Morgan fingerprint density at radius 2 is 1.89 bits per heavy atom. The van der Waals surface area contributed by atoms with Gasteiger partial charge >= 0.3 is 0 Å². The fourth-order valence-electron chi connectivity index (χ4n) is 4.64. The lowest BCUT2D eigenvalue weighted by molar-refractivity contribution is 0.0636. The molecule has 0 bridgehead atoms. The first-order valence-corrected chi connectivity index (χ1v) is 11.5. The molecule has 0 radical (unpaired) electrons. The van der Waals surface area contributed by atoms with Crippen molar-refractivity contribution >= 4 is 17.2 Å². The highest BCUT2D eigenvalue weighted by Crippen LogP contribution is 2.34. The first-order chi connectivity index (χ1) is 16.7. The second-order valence-corrected chi connectivity index (χ2v) is 9.46. The Morgan fingerprint density at radius 3 is 2.57 bits per heavy atom. The van der Waals surface area contributed by atoms with Gasteiger partial charge in [0.2, 0.25) is 5.43 Å². The summed E-state index contributed by atoms with van der Waals surface area (Å²) in [5, 5.41) is 20.8. The molecule has 5 rings (SSSR count). The average molecular weight is 507 g/mol. The van der Waals surface area contributed by atoms with Crippen molar-refractivity contribution in [2.75, 3.05) is 25.8 Å². The molecule has 35 heavy (non-hydrogen) atoms. The maximum atomic E-state index is 14.1.